The predicted octanol–water partition coefficient (Wildman–Crippen LogP) is 4.36. The quantitative estimate of drug-likeness (QED) is 0.612. The van der Waals surface area contributed by atoms with E-state index in [4.69, 9.17) is 4.74 Å². The first kappa shape index (κ1) is 18.1. The zero-order chi connectivity index (χ0) is 15.5. The van der Waals surface area contributed by atoms with Gasteiger partial charge in [0.15, 0.2) is 0 Å². The van der Waals surface area contributed by atoms with Gasteiger partial charge in [-0.05, 0) is 48.9 Å². The highest BCUT2D eigenvalue weighted by Gasteiger charge is 2.12. The largest absolute Gasteiger partial charge is 0.381 e. The van der Waals surface area contributed by atoms with E-state index in [0.29, 0.717) is 11.8 Å². The van der Waals surface area contributed by atoms with Crippen molar-refractivity contribution in [1.29, 1.82) is 0 Å². The first-order valence-corrected chi connectivity index (χ1v) is 8.17. The summed E-state index contributed by atoms with van der Waals surface area (Å²) in [6.07, 6.45) is 3.25. The van der Waals surface area contributed by atoms with E-state index in [2.05, 4.69) is 26.1 Å². The molecule has 2 nitrogen and oxygen atoms in total. The number of rotatable bonds is 11. The summed E-state index contributed by atoms with van der Waals surface area (Å²) < 4.78 is 18.7. The third kappa shape index (κ3) is 8.18. The van der Waals surface area contributed by atoms with Crippen LogP contribution in [0.15, 0.2) is 24.3 Å². The lowest BCUT2D eigenvalue weighted by molar-refractivity contribution is 0.124. The zero-order valence-electron chi connectivity index (χ0n) is 13.7. The fourth-order valence-corrected chi connectivity index (χ4v) is 2.24. The number of nitrogens with one attached hydrogen (secondary N) is 1. The second-order valence-corrected chi connectivity index (χ2v) is 6.06. The number of hydrogen-bond donors (Lipinski definition) is 1. The molecule has 0 bridgehead atoms. The van der Waals surface area contributed by atoms with Crippen molar-refractivity contribution in [2.75, 3.05) is 26.3 Å². The minimum absolute atomic E-state index is 0.174. The van der Waals surface area contributed by atoms with Crippen LogP contribution in [0.4, 0.5) is 4.39 Å². The number of unbranched alkanes of at least 4 members (excludes halogenated alkanes) is 1. The maximum atomic E-state index is 13.1. The van der Waals surface area contributed by atoms with Crippen LogP contribution < -0.4 is 5.32 Å². The summed E-state index contributed by atoms with van der Waals surface area (Å²) in [5.41, 5.74) is 1.19. The van der Waals surface area contributed by atoms with Gasteiger partial charge in [-0.15, -0.1) is 0 Å². The predicted molar refractivity (Wildman–Crippen MR) is 87.2 cm³/mol. The van der Waals surface area contributed by atoms with E-state index in [1.165, 1.54) is 5.56 Å². The average molecular weight is 295 g/mol. The van der Waals surface area contributed by atoms with Gasteiger partial charge in [-0.3, -0.25) is 0 Å². The van der Waals surface area contributed by atoms with Crippen molar-refractivity contribution in [3.63, 3.8) is 0 Å². The van der Waals surface area contributed by atoms with Crippen molar-refractivity contribution in [2.24, 2.45) is 5.92 Å². The normalized spacial score (nSPS) is 12.8. The highest BCUT2D eigenvalue weighted by atomic mass is 19.1. The lowest BCUT2D eigenvalue weighted by atomic mass is 9.95. The molecular weight excluding hydrogens is 265 g/mol. The fourth-order valence-electron chi connectivity index (χ4n) is 2.24. The highest BCUT2D eigenvalue weighted by Crippen LogP contribution is 2.19. The molecule has 1 aromatic carbocycles. The lowest BCUT2D eigenvalue weighted by Gasteiger charge is -2.19. The second-order valence-electron chi connectivity index (χ2n) is 6.06. The number of ether oxygens (including phenoxy) is 1. The van der Waals surface area contributed by atoms with Crippen LogP contribution >= 0.6 is 0 Å². The molecule has 1 N–H and O–H groups in total. The summed E-state index contributed by atoms with van der Waals surface area (Å²) in [6.45, 7) is 10.1. The first-order chi connectivity index (χ1) is 10.1. The summed E-state index contributed by atoms with van der Waals surface area (Å²) >= 11 is 0. The van der Waals surface area contributed by atoms with E-state index in [1.54, 1.807) is 12.1 Å². The summed E-state index contributed by atoms with van der Waals surface area (Å²) in [7, 11) is 0. The molecule has 3 heteroatoms. The molecule has 1 atom stereocenters. The van der Waals surface area contributed by atoms with E-state index < -0.39 is 0 Å². The molecule has 0 amide bonds. The van der Waals surface area contributed by atoms with Crippen LogP contribution in [0.25, 0.3) is 0 Å². The van der Waals surface area contributed by atoms with Gasteiger partial charge in [-0.25, -0.2) is 4.39 Å². The third-order valence-corrected chi connectivity index (χ3v) is 3.54. The summed E-state index contributed by atoms with van der Waals surface area (Å²) in [5.74, 6) is 0.845. The van der Waals surface area contributed by atoms with Gasteiger partial charge in [-0.2, -0.15) is 0 Å². The monoisotopic (exact) mass is 295 g/mol. The van der Waals surface area contributed by atoms with E-state index >= 15 is 0 Å². The van der Waals surface area contributed by atoms with Gasteiger partial charge in [0.25, 0.3) is 0 Å². The minimum atomic E-state index is -0.174. The zero-order valence-corrected chi connectivity index (χ0v) is 13.7. The smallest absolute Gasteiger partial charge is 0.123 e. The molecule has 1 rings (SSSR count). The molecule has 0 saturated carbocycles. The van der Waals surface area contributed by atoms with Gasteiger partial charge in [-0.1, -0.05) is 39.3 Å². The molecule has 0 spiro atoms. The van der Waals surface area contributed by atoms with Gasteiger partial charge < -0.3 is 10.1 Å². The Balaban J connectivity index is 2.46. The Kier molecular flexibility index (Phi) is 9.27. The van der Waals surface area contributed by atoms with Crippen LogP contribution in [0.5, 0.6) is 0 Å². The molecule has 1 aromatic rings. The van der Waals surface area contributed by atoms with Crippen LogP contribution in [-0.4, -0.2) is 26.3 Å². The van der Waals surface area contributed by atoms with Crippen LogP contribution in [0.2, 0.25) is 0 Å². The Morgan fingerprint density at radius 3 is 2.43 bits per heavy atom. The minimum Gasteiger partial charge on any atom is -0.381 e. The van der Waals surface area contributed by atoms with Crippen molar-refractivity contribution in [3.8, 4) is 0 Å². The lowest BCUT2D eigenvalue weighted by Crippen LogP contribution is -2.26. The van der Waals surface area contributed by atoms with E-state index in [9.17, 15) is 4.39 Å². The van der Waals surface area contributed by atoms with Crippen molar-refractivity contribution in [2.45, 2.75) is 46.0 Å². The van der Waals surface area contributed by atoms with Crippen molar-refractivity contribution < 1.29 is 9.13 Å². The van der Waals surface area contributed by atoms with Gasteiger partial charge >= 0.3 is 0 Å². The van der Waals surface area contributed by atoms with Crippen LogP contribution in [-0.2, 0) is 4.74 Å². The second kappa shape index (κ2) is 10.7. The molecule has 120 valence electrons. The molecule has 0 heterocycles. The maximum Gasteiger partial charge on any atom is 0.123 e. The molecular formula is C18H30FNO. The maximum absolute atomic E-state index is 13.1. The molecule has 0 aliphatic rings. The van der Waals surface area contributed by atoms with Gasteiger partial charge in [0.1, 0.15) is 5.82 Å². The average Bonchev–Trinajstić information content (AvgIpc) is 2.46. The number of benzene rings is 1. The van der Waals surface area contributed by atoms with E-state index in [0.717, 1.165) is 45.6 Å². The van der Waals surface area contributed by atoms with Gasteiger partial charge in [0.05, 0.1) is 0 Å². The Morgan fingerprint density at radius 1 is 1.10 bits per heavy atom. The van der Waals surface area contributed by atoms with Crippen molar-refractivity contribution in [1.82, 2.24) is 5.32 Å². The third-order valence-electron chi connectivity index (χ3n) is 3.54. The van der Waals surface area contributed by atoms with Crippen molar-refractivity contribution >= 4 is 0 Å². The standard InChI is InChI=1S/C18H30FNO/c1-4-5-11-21-12-10-17(14-20-13-15(2)3)16-6-8-18(19)9-7-16/h6-9,15,17,20H,4-5,10-14H2,1-3H3. The van der Waals surface area contributed by atoms with Gasteiger partial charge in [0, 0.05) is 19.8 Å². The van der Waals surface area contributed by atoms with Crippen LogP contribution in [0.1, 0.15) is 51.5 Å². The Morgan fingerprint density at radius 2 is 1.81 bits per heavy atom. The molecule has 0 aliphatic heterocycles. The molecule has 1 unspecified atom stereocenters. The molecule has 0 aromatic heterocycles. The van der Waals surface area contributed by atoms with E-state index in [1.807, 2.05) is 12.1 Å². The Labute approximate surface area is 129 Å². The summed E-state index contributed by atoms with van der Waals surface area (Å²) in [5, 5.41) is 3.50. The highest BCUT2D eigenvalue weighted by molar-refractivity contribution is 5.20. The van der Waals surface area contributed by atoms with Crippen LogP contribution in [0.3, 0.4) is 0 Å². The first-order valence-electron chi connectivity index (χ1n) is 8.17. The summed E-state index contributed by atoms with van der Waals surface area (Å²) in [6, 6.07) is 6.87. The van der Waals surface area contributed by atoms with Crippen LogP contribution in [0, 0.1) is 11.7 Å². The number of hydrogen-bond acceptors (Lipinski definition) is 2. The van der Waals surface area contributed by atoms with Gasteiger partial charge in [0.2, 0.25) is 0 Å². The Hall–Kier alpha value is -0.930. The molecule has 0 fully saturated rings. The molecule has 0 saturated heterocycles. The Bertz CT molecular complexity index is 364. The number of halogens is 1. The van der Waals surface area contributed by atoms with E-state index in [-0.39, 0.29) is 5.82 Å². The fraction of sp³-hybridized carbons (Fsp3) is 0.667. The SMILES string of the molecule is CCCCOCCC(CNCC(C)C)c1ccc(F)cc1. The molecule has 0 aliphatic carbocycles. The topological polar surface area (TPSA) is 21.3 Å². The molecule has 21 heavy (non-hydrogen) atoms. The molecule has 0 radical (unpaired) electrons. The summed E-state index contributed by atoms with van der Waals surface area (Å²) in [4.78, 5) is 0. The van der Waals surface area contributed by atoms with Crippen molar-refractivity contribution in [3.05, 3.63) is 35.6 Å².